The van der Waals surface area contributed by atoms with E-state index in [4.69, 9.17) is 77.2 Å². The molecule has 34 nitrogen and oxygen atoms in total. The van der Waals surface area contributed by atoms with Crippen molar-refractivity contribution >= 4 is 92.6 Å². The van der Waals surface area contributed by atoms with Crippen molar-refractivity contribution in [2.45, 2.75) is 213 Å². The lowest BCUT2D eigenvalue weighted by Crippen LogP contribution is -2.56. The maximum absolute atomic E-state index is 14.3. The first-order valence-corrected chi connectivity index (χ1v) is 45.5. The maximum Gasteiger partial charge on any atom is 0.410 e. The lowest BCUT2D eigenvalue weighted by molar-refractivity contribution is -0.142. The number of aromatic nitrogens is 4. The Morgan fingerprint density at radius 2 is 0.887 bits per heavy atom. The standard InChI is InChI=1S/C49H61N7O10.C43H51N5O6.C7H13NO5/c1-9-40(62-5)43(53-48(59)64-7)46(57)55-22-26(3)15-39(55)45-50-21-37(52-45)29-11-13-31-30(17-29)25-66-42-20-32-28(18-34(31)42)12-14-35-33(32)19-36(51-35)38-16-27(24-61-4)23-56(38)47(58)44(41(10-2)63-6)54-49(60)65-8;1-24-13-37(47(20-24)40(49)53-42(2,3)4)39-44-19-35(46-39)27-9-11-29-28(15-27)23-52-38-18-30-26(16-32(29)38)10-12-33-31(30)17-34(45-33)36-14-25(22-51-8)21-48(36)41(50)54-43(5,6)7;1-4(12-2)5(6(9)10)8-7(11)13-3/h11-14,17-18,20-21,26-27,38-41,43-44H,9-10,15-16,19,22-25H2,1-8H3,(H,50,52)(H,53,59)(H,54,60);9-12,15-16,18-19,24-25,36-37H,13-14,17,20-23H2,1-8H3,(H,44,46);4-5H,1-3H3,(H,8,11)(H,9,10)/t26-,27-,38-,39-,40+,41+,43-,44-;24-,25-,36-,37-;4-,5+/m001/s1. The highest BCUT2D eigenvalue weighted by Crippen LogP contribution is 2.49. The van der Waals surface area contributed by atoms with Crippen LogP contribution in [0.15, 0.2) is 107 Å². The number of nitrogens with zero attached hydrogens (tertiary/aromatic N) is 8. The molecule has 0 bridgehead atoms. The number of methoxy groups -OCH3 is 8. The molecule has 0 saturated carbocycles. The molecule has 2 aromatic heterocycles. The van der Waals surface area contributed by atoms with Crippen molar-refractivity contribution in [3.63, 3.8) is 0 Å². The van der Waals surface area contributed by atoms with E-state index in [0.29, 0.717) is 103 Å². The second-order valence-corrected chi connectivity index (χ2v) is 37.6. The maximum atomic E-state index is 14.3. The number of carbonyl (C=O) groups is 8. The summed E-state index contributed by atoms with van der Waals surface area (Å²) >= 11 is 0. The minimum absolute atomic E-state index is 0.0910. The Morgan fingerprint density at radius 3 is 1.29 bits per heavy atom. The molecule has 14 atom stereocenters. The van der Waals surface area contributed by atoms with Crippen LogP contribution in [0, 0.1) is 23.7 Å². The first kappa shape index (κ1) is 96.8. The number of likely N-dealkylation sites (tertiary alicyclic amines) is 4. The molecule has 0 aliphatic carbocycles. The quantitative estimate of drug-likeness (QED) is 0.0306. The van der Waals surface area contributed by atoms with Crippen molar-refractivity contribution in [3.05, 3.63) is 131 Å². The Hall–Kier alpha value is -12.2. The molecule has 7 amide bonds. The number of hydrogen-bond donors (Lipinski definition) is 6. The third-order valence-electron chi connectivity index (χ3n) is 26.0. The van der Waals surface area contributed by atoms with Crippen LogP contribution >= 0.6 is 0 Å². The number of carboxylic acid groups (broad SMARTS) is 1. The summed E-state index contributed by atoms with van der Waals surface area (Å²) in [4.78, 5) is 135. The summed E-state index contributed by atoms with van der Waals surface area (Å²) < 4.78 is 65.5. The number of rotatable bonds is 24. The van der Waals surface area contributed by atoms with Gasteiger partial charge in [-0.2, -0.15) is 0 Å². The molecule has 0 spiro atoms. The number of nitrogens with one attached hydrogen (secondary N) is 5. The van der Waals surface area contributed by atoms with Crippen molar-refractivity contribution in [2.75, 3.05) is 96.3 Å². The van der Waals surface area contributed by atoms with Gasteiger partial charge in [0.2, 0.25) is 11.8 Å². The number of hydrogen-bond acceptors (Lipinski definition) is 24. The van der Waals surface area contributed by atoms with Crippen LogP contribution < -0.4 is 25.4 Å². The molecule has 34 heteroatoms. The van der Waals surface area contributed by atoms with Crippen LogP contribution in [0.4, 0.5) is 35.3 Å². The van der Waals surface area contributed by atoms with Crippen molar-refractivity contribution in [1.29, 1.82) is 0 Å². The Morgan fingerprint density at radius 1 is 0.489 bits per heavy atom. The number of aliphatic imine (C=N–C) groups is 2. The van der Waals surface area contributed by atoms with Crippen LogP contribution in [0.3, 0.4) is 0 Å². The number of aliphatic carboxylic acids is 1. The number of alkyl carbamates (subject to hydrolysis) is 3. The molecule has 133 heavy (non-hydrogen) atoms. The average Bonchev–Trinajstić information content (AvgIpc) is 1.68. The number of fused-ring (bicyclic) bond motifs is 12. The van der Waals surface area contributed by atoms with Gasteiger partial charge in [-0.15, -0.1) is 0 Å². The van der Waals surface area contributed by atoms with E-state index in [0.717, 1.165) is 149 Å². The Balaban J connectivity index is 0.000000191. The fraction of sp³-hybridized carbons (Fsp3) is 0.515. The molecule has 8 aliphatic rings. The summed E-state index contributed by atoms with van der Waals surface area (Å²) in [5, 5.41) is 20.6. The molecule has 0 radical (unpaired) electrons. The van der Waals surface area contributed by atoms with E-state index < -0.39 is 71.9 Å². The number of carbonyl (C=O) groups excluding carboxylic acids is 7. The summed E-state index contributed by atoms with van der Waals surface area (Å²) in [5.74, 6) is 2.30. The van der Waals surface area contributed by atoms with Crippen molar-refractivity contribution in [3.8, 4) is 56.3 Å². The van der Waals surface area contributed by atoms with Crippen molar-refractivity contribution in [1.82, 2.24) is 55.5 Å². The van der Waals surface area contributed by atoms with Crippen LogP contribution in [0.1, 0.15) is 161 Å². The van der Waals surface area contributed by atoms with E-state index in [1.54, 1.807) is 30.2 Å². The molecule has 4 saturated heterocycles. The number of aromatic amines is 2. The molecule has 0 unspecified atom stereocenters. The normalized spacial score (nSPS) is 21.0. The number of imidazole rings is 2. The third kappa shape index (κ3) is 21.2. The van der Waals surface area contributed by atoms with E-state index in [2.05, 4.69) is 123 Å². The van der Waals surface area contributed by atoms with Crippen molar-refractivity contribution in [2.24, 2.45) is 33.7 Å². The molecule has 8 aromatic rings. The van der Waals surface area contributed by atoms with Gasteiger partial charge in [-0.3, -0.25) is 29.4 Å². The van der Waals surface area contributed by atoms with Crippen LogP contribution in [-0.2, 0) is 87.8 Å². The molecule has 712 valence electrons. The van der Waals surface area contributed by atoms with Gasteiger partial charge >= 0.3 is 36.4 Å². The van der Waals surface area contributed by atoms with Gasteiger partial charge in [0.15, 0.2) is 6.04 Å². The second-order valence-electron chi connectivity index (χ2n) is 37.6. The molecule has 8 aliphatic heterocycles. The number of carboxylic acids is 1. The second kappa shape index (κ2) is 41.1. The van der Waals surface area contributed by atoms with E-state index in [1.165, 1.54) is 42.5 Å². The van der Waals surface area contributed by atoms with Crippen molar-refractivity contribution < 1.29 is 100 Å². The fourth-order valence-electron chi connectivity index (χ4n) is 19.6. The molecule has 16 rings (SSSR count). The number of amides is 7. The molecule has 10 heterocycles. The van der Waals surface area contributed by atoms with E-state index >= 15 is 0 Å². The highest BCUT2D eigenvalue weighted by Gasteiger charge is 2.48. The number of ether oxygens (including phenoxy) is 12. The van der Waals surface area contributed by atoms with Gasteiger partial charge in [-0.1, -0.05) is 64.1 Å². The molecular weight excluding hydrogens is 1710 g/mol. The zero-order valence-corrected chi connectivity index (χ0v) is 79.3. The topological polar surface area (TPSA) is 399 Å². The largest absolute Gasteiger partial charge is 0.488 e. The zero-order valence-electron chi connectivity index (χ0n) is 79.3. The summed E-state index contributed by atoms with van der Waals surface area (Å²) in [6.07, 6.45) is 4.44. The van der Waals surface area contributed by atoms with Gasteiger partial charge in [-0.25, -0.2) is 38.7 Å². The van der Waals surface area contributed by atoms with Gasteiger partial charge in [0.1, 0.15) is 59.6 Å². The summed E-state index contributed by atoms with van der Waals surface area (Å²) in [5.41, 5.74) is 14.8. The number of H-pyrrole nitrogens is 2. The minimum Gasteiger partial charge on any atom is -0.488 e. The van der Waals surface area contributed by atoms with Crippen LogP contribution in [0.2, 0.25) is 0 Å². The molecule has 4 fully saturated rings. The Labute approximate surface area is 774 Å². The Bertz CT molecular complexity index is 5730. The predicted octanol–water partition coefficient (Wildman–Crippen LogP) is 15.3. The van der Waals surface area contributed by atoms with Gasteiger partial charge in [0, 0.05) is 109 Å². The average molecular weight is 1830 g/mol. The minimum atomic E-state index is -1.17. The molecular formula is C99H125N13O21. The SMILES string of the molecule is CC[C@@H](OC)[C@H](NC(=O)OC)C(=O)N1C[C@@H](COC)C[C@H]1C1=Nc2ccc3cc4c(cc3c2C1)OCc1cc(-c2cnc([C@@H]3C[C@H](C)CN3C(=O)[C@@H](NC(=O)OC)[C@@H](CC)OC)[nH]2)ccc1-4.COC(=O)N[C@H](C(=O)O)[C@@H](C)OC.COC[C@H]1C[C@@H](C2=Nc3ccc4cc5c(cc4c3C2)OCc2cc(-c3cnc([C@@H]4C[C@H](C)CN4C(=O)OC(C)(C)C)[nH]3)ccc2-5)N(C(=O)OC(C)(C)C)C1. The smallest absolute Gasteiger partial charge is 0.410 e. The summed E-state index contributed by atoms with van der Waals surface area (Å²) in [6, 6.07) is 25.9. The first-order valence-electron chi connectivity index (χ1n) is 45.5. The third-order valence-corrected chi connectivity index (χ3v) is 26.0. The summed E-state index contributed by atoms with van der Waals surface area (Å²) in [7, 11) is 11.5. The van der Waals surface area contributed by atoms with Gasteiger partial charge < -0.3 is 97.7 Å². The highest BCUT2D eigenvalue weighted by atomic mass is 16.6. The Kier molecular flexibility index (Phi) is 29.9. The van der Waals surface area contributed by atoms with Crippen LogP contribution in [-0.4, -0.2) is 260 Å². The summed E-state index contributed by atoms with van der Waals surface area (Å²) in [6.45, 7) is 25.1. The fourth-order valence-corrected chi connectivity index (χ4v) is 19.6. The first-order chi connectivity index (χ1) is 63.6. The van der Waals surface area contributed by atoms with E-state index in [1.807, 2.05) is 77.5 Å². The lowest BCUT2D eigenvalue weighted by Gasteiger charge is -2.32. The predicted molar refractivity (Wildman–Crippen MR) is 498 cm³/mol. The van der Waals surface area contributed by atoms with Gasteiger partial charge in [0.05, 0.1) is 112 Å². The highest BCUT2D eigenvalue weighted by molar-refractivity contribution is 6.08. The van der Waals surface area contributed by atoms with Gasteiger partial charge in [0.25, 0.3) is 0 Å². The van der Waals surface area contributed by atoms with Gasteiger partial charge in [-0.05, 0) is 213 Å². The molecule has 6 N–H and O–H groups in total. The van der Waals surface area contributed by atoms with Crippen LogP contribution in [0.25, 0.3) is 66.3 Å². The molecule has 6 aromatic carbocycles. The monoisotopic (exact) mass is 1830 g/mol. The van der Waals surface area contributed by atoms with E-state index in [-0.39, 0.29) is 65.9 Å². The van der Waals surface area contributed by atoms with Crippen LogP contribution in [0.5, 0.6) is 11.5 Å². The zero-order chi connectivity index (χ0) is 95.3. The number of benzene rings is 6. The van der Waals surface area contributed by atoms with E-state index in [9.17, 15) is 38.4 Å². The lowest BCUT2D eigenvalue weighted by atomic mass is 9.90.